The minimum atomic E-state index is -4.67. The summed E-state index contributed by atoms with van der Waals surface area (Å²) in [5, 5.41) is 11.2. The van der Waals surface area contributed by atoms with E-state index in [0.29, 0.717) is 5.56 Å². The molecule has 102 valence electrons. The summed E-state index contributed by atoms with van der Waals surface area (Å²) in [6.07, 6.45) is -7.12. The van der Waals surface area contributed by atoms with Gasteiger partial charge in [-0.2, -0.15) is 13.2 Å². The molecule has 1 aromatic rings. The molecule has 0 aliphatic heterocycles. The first-order valence-electron chi connectivity index (χ1n) is 5.15. The standard InChI is InChI=1S/C11H12ClF4NO/c1-6(17-5-10(18)11(14,15)16)7-2-3-8(12)9(13)4-7/h2-4,6,10,17-18H,5H2,1H3. The molecule has 2 nitrogen and oxygen atoms in total. The van der Waals surface area contributed by atoms with Crippen LogP contribution in [-0.4, -0.2) is 23.9 Å². The van der Waals surface area contributed by atoms with E-state index in [1.807, 2.05) is 0 Å². The van der Waals surface area contributed by atoms with Crippen LogP contribution in [0.5, 0.6) is 0 Å². The summed E-state index contributed by atoms with van der Waals surface area (Å²) in [6, 6.07) is 3.43. The summed E-state index contributed by atoms with van der Waals surface area (Å²) in [6.45, 7) is 0.903. The van der Waals surface area contributed by atoms with Crippen molar-refractivity contribution in [2.45, 2.75) is 25.2 Å². The van der Waals surface area contributed by atoms with E-state index in [1.54, 1.807) is 6.92 Å². The number of alkyl halides is 3. The number of halogens is 5. The van der Waals surface area contributed by atoms with E-state index in [2.05, 4.69) is 5.32 Å². The zero-order valence-corrected chi connectivity index (χ0v) is 10.2. The molecule has 0 aliphatic carbocycles. The van der Waals surface area contributed by atoms with Crippen molar-refractivity contribution in [3.05, 3.63) is 34.6 Å². The van der Waals surface area contributed by atoms with Gasteiger partial charge in [-0.05, 0) is 24.6 Å². The highest BCUT2D eigenvalue weighted by Crippen LogP contribution is 2.22. The average molecular weight is 286 g/mol. The van der Waals surface area contributed by atoms with Crippen molar-refractivity contribution in [2.24, 2.45) is 0 Å². The molecular formula is C11H12ClF4NO. The maximum atomic E-state index is 13.1. The van der Waals surface area contributed by atoms with Gasteiger partial charge in [-0.3, -0.25) is 0 Å². The second-order valence-corrected chi connectivity index (χ2v) is 4.27. The molecule has 7 heteroatoms. The van der Waals surface area contributed by atoms with E-state index < -0.39 is 30.7 Å². The molecule has 0 radical (unpaired) electrons. The van der Waals surface area contributed by atoms with E-state index in [9.17, 15) is 17.6 Å². The van der Waals surface area contributed by atoms with E-state index in [1.165, 1.54) is 12.1 Å². The third-order valence-corrected chi connectivity index (χ3v) is 2.75. The topological polar surface area (TPSA) is 32.3 Å². The Bertz CT molecular complexity index is 411. The molecule has 0 spiro atoms. The Morgan fingerprint density at radius 2 is 2.00 bits per heavy atom. The first-order valence-corrected chi connectivity index (χ1v) is 5.52. The van der Waals surface area contributed by atoms with Crippen molar-refractivity contribution >= 4 is 11.6 Å². The lowest BCUT2D eigenvalue weighted by molar-refractivity contribution is -0.202. The first kappa shape index (κ1) is 15.2. The Labute approximate surface area is 107 Å². The summed E-state index contributed by atoms with van der Waals surface area (Å²) in [4.78, 5) is 0. The molecule has 1 aromatic carbocycles. The lowest BCUT2D eigenvalue weighted by Crippen LogP contribution is -2.39. The van der Waals surface area contributed by atoms with Gasteiger partial charge in [0.1, 0.15) is 5.82 Å². The van der Waals surface area contributed by atoms with Crippen molar-refractivity contribution in [3.63, 3.8) is 0 Å². The van der Waals surface area contributed by atoms with Gasteiger partial charge in [-0.1, -0.05) is 17.7 Å². The number of benzene rings is 1. The quantitative estimate of drug-likeness (QED) is 0.834. The third-order valence-electron chi connectivity index (χ3n) is 2.44. The summed E-state index contributed by atoms with van der Waals surface area (Å²) in [5.41, 5.74) is 0.450. The molecule has 0 heterocycles. The number of aliphatic hydroxyl groups excluding tert-OH is 1. The predicted octanol–water partition coefficient (Wildman–Crippen LogP) is 3.05. The van der Waals surface area contributed by atoms with Gasteiger partial charge in [-0.25, -0.2) is 4.39 Å². The SMILES string of the molecule is CC(NCC(O)C(F)(F)F)c1ccc(Cl)c(F)c1. The van der Waals surface area contributed by atoms with Gasteiger partial charge in [0, 0.05) is 12.6 Å². The molecule has 0 saturated heterocycles. The van der Waals surface area contributed by atoms with Gasteiger partial charge in [0.2, 0.25) is 0 Å². The predicted molar refractivity (Wildman–Crippen MR) is 59.9 cm³/mol. The van der Waals surface area contributed by atoms with Crippen LogP contribution in [0.2, 0.25) is 5.02 Å². The van der Waals surface area contributed by atoms with Crippen LogP contribution < -0.4 is 5.32 Å². The molecule has 2 unspecified atom stereocenters. The smallest absolute Gasteiger partial charge is 0.382 e. The lowest BCUT2D eigenvalue weighted by Gasteiger charge is -2.19. The van der Waals surface area contributed by atoms with Gasteiger partial charge in [-0.15, -0.1) is 0 Å². The van der Waals surface area contributed by atoms with Crippen LogP contribution in [0.25, 0.3) is 0 Å². The highest BCUT2D eigenvalue weighted by atomic mass is 35.5. The van der Waals surface area contributed by atoms with Crippen LogP contribution in [0.1, 0.15) is 18.5 Å². The van der Waals surface area contributed by atoms with Crippen LogP contribution in [0, 0.1) is 5.82 Å². The van der Waals surface area contributed by atoms with E-state index in [4.69, 9.17) is 16.7 Å². The number of nitrogens with one attached hydrogen (secondary N) is 1. The Balaban J connectivity index is 2.60. The van der Waals surface area contributed by atoms with E-state index in [0.717, 1.165) is 6.07 Å². The summed E-state index contributed by atoms with van der Waals surface area (Å²) in [7, 11) is 0. The van der Waals surface area contributed by atoms with Crippen molar-refractivity contribution in [1.82, 2.24) is 5.32 Å². The van der Waals surface area contributed by atoms with Crippen LogP contribution >= 0.6 is 11.6 Å². The van der Waals surface area contributed by atoms with Gasteiger partial charge >= 0.3 is 6.18 Å². The monoisotopic (exact) mass is 285 g/mol. The number of aliphatic hydroxyl groups is 1. The van der Waals surface area contributed by atoms with Gasteiger partial charge in [0.25, 0.3) is 0 Å². The second kappa shape index (κ2) is 5.86. The lowest BCUT2D eigenvalue weighted by atomic mass is 10.1. The molecule has 0 aliphatic rings. The number of hydrogen-bond donors (Lipinski definition) is 2. The van der Waals surface area contributed by atoms with E-state index >= 15 is 0 Å². The Kier molecular flexibility index (Phi) is 4.95. The van der Waals surface area contributed by atoms with Crippen molar-refractivity contribution in [2.75, 3.05) is 6.54 Å². The van der Waals surface area contributed by atoms with Gasteiger partial charge < -0.3 is 10.4 Å². The van der Waals surface area contributed by atoms with Gasteiger partial charge in [0.15, 0.2) is 6.10 Å². The highest BCUT2D eigenvalue weighted by Gasteiger charge is 2.37. The largest absolute Gasteiger partial charge is 0.415 e. The fourth-order valence-electron chi connectivity index (χ4n) is 1.30. The zero-order valence-electron chi connectivity index (χ0n) is 9.43. The van der Waals surface area contributed by atoms with Crippen molar-refractivity contribution < 1.29 is 22.7 Å². The van der Waals surface area contributed by atoms with Crippen molar-refractivity contribution in [1.29, 1.82) is 0 Å². The highest BCUT2D eigenvalue weighted by molar-refractivity contribution is 6.30. The molecule has 0 saturated carbocycles. The first-order chi connectivity index (χ1) is 8.21. The second-order valence-electron chi connectivity index (χ2n) is 3.86. The Morgan fingerprint density at radius 1 is 1.39 bits per heavy atom. The number of hydrogen-bond acceptors (Lipinski definition) is 2. The maximum absolute atomic E-state index is 13.1. The number of rotatable bonds is 4. The fraction of sp³-hybridized carbons (Fsp3) is 0.455. The van der Waals surface area contributed by atoms with Crippen LogP contribution in [-0.2, 0) is 0 Å². The van der Waals surface area contributed by atoms with Gasteiger partial charge in [0.05, 0.1) is 5.02 Å². The molecule has 0 fully saturated rings. The minimum Gasteiger partial charge on any atom is -0.382 e. The van der Waals surface area contributed by atoms with Crippen LogP contribution in [0.4, 0.5) is 17.6 Å². The molecular weight excluding hydrogens is 274 g/mol. The molecule has 2 N–H and O–H groups in total. The van der Waals surface area contributed by atoms with Crippen LogP contribution in [0.3, 0.4) is 0 Å². The van der Waals surface area contributed by atoms with Crippen molar-refractivity contribution in [3.8, 4) is 0 Å². The zero-order chi connectivity index (χ0) is 13.9. The molecule has 1 rings (SSSR count). The molecule has 0 bridgehead atoms. The Morgan fingerprint density at radius 3 is 2.50 bits per heavy atom. The summed E-state index contributed by atoms with van der Waals surface area (Å²) < 4.78 is 49.3. The van der Waals surface area contributed by atoms with Crippen LogP contribution in [0.15, 0.2) is 18.2 Å². The Hall–Kier alpha value is -0.850. The van der Waals surface area contributed by atoms with E-state index in [-0.39, 0.29) is 5.02 Å². The summed E-state index contributed by atoms with van der Waals surface area (Å²) in [5.74, 6) is -0.640. The molecule has 18 heavy (non-hydrogen) atoms. The third kappa shape index (κ3) is 4.12. The maximum Gasteiger partial charge on any atom is 0.415 e. The molecule has 0 amide bonds. The molecule has 0 aromatic heterocycles. The minimum absolute atomic E-state index is 0.0544. The summed E-state index contributed by atoms with van der Waals surface area (Å²) >= 11 is 5.49. The normalized spacial score (nSPS) is 15.5. The molecule has 2 atom stereocenters. The fourth-order valence-corrected chi connectivity index (χ4v) is 1.42. The average Bonchev–Trinajstić information content (AvgIpc) is 2.27.